The fraction of sp³-hybridized carbons (Fsp3) is 0.400. The van der Waals surface area contributed by atoms with Crippen LogP contribution in [0.15, 0.2) is 49.1 Å². The fourth-order valence-corrected chi connectivity index (χ4v) is 2.52. The van der Waals surface area contributed by atoms with Gasteiger partial charge in [-0.15, -0.1) is 0 Å². The molecule has 26 heavy (non-hydrogen) atoms. The summed E-state index contributed by atoms with van der Waals surface area (Å²) in [5.74, 6) is -0.462. The number of carbonyl (C=O) groups is 2. The van der Waals surface area contributed by atoms with Crippen molar-refractivity contribution in [2.45, 2.75) is 39.8 Å². The van der Waals surface area contributed by atoms with Crippen LogP contribution in [0, 0.1) is 0 Å². The van der Waals surface area contributed by atoms with E-state index in [1.807, 2.05) is 58.2 Å². The van der Waals surface area contributed by atoms with E-state index in [1.165, 1.54) is 11.1 Å². The van der Waals surface area contributed by atoms with Crippen LogP contribution in [0.1, 0.15) is 25.0 Å². The van der Waals surface area contributed by atoms with Crippen LogP contribution in [0.25, 0.3) is 0 Å². The number of rotatable bonds is 9. The Morgan fingerprint density at radius 1 is 0.731 bits per heavy atom. The van der Waals surface area contributed by atoms with Crippen LogP contribution in [0.3, 0.4) is 0 Å². The molecule has 2 aromatic heterocycles. The Labute approximate surface area is 154 Å². The third kappa shape index (κ3) is 6.63. The van der Waals surface area contributed by atoms with E-state index in [-0.39, 0.29) is 25.0 Å². The van der Waals surface area contributed by atoms with Gasteiger partial charge in [0, 0.05) is 24.3 Å². The van der Waals surface area contributed by atoms with Crippen molar-refractivity contribution in [3.8, 4) is 0 Å². The first-order valence-corrected chi connectivity index (χ1v) is 8.88. The van der Waals surface area contributed by atoms with E-state index in [0.29, 0.717) is 13.2 Å². The van der Waals surface area contributed by atoms with E-state index in [4.69, 9.17) is 9.47 Å². The first-order valence-electron chi connectivity index (χ1n) is 8.88. The highest BCUT2D eigenvalue weighted by molar-refractivity contribution is 5.67. The first-order chi connectivity index (χ1) is 12.6. The highest BCUT2D eigenvalue weighted by atomic mass is 16.5. The summed E-state index contributed by atoms with van der Waals surface area (Å²) in [6, 6.07) is 8.07. The molecule has 0 fully saturated rings. The van der Waals surface area contributed by atoms with Crippen LogP contribution in [0.4, 0.5) is 0 Å². The molecule has 138 valence electrons. The Kier molecular flexibility index (Phi) is 7.74. The van der Waals surface area contributed by atoms with Gasteiger partial charge in [0.1, 0.15) is 0 Å². The summed E-state index contributed by atoms with van der Waals surface area (Å²) in [6.07, 6.45) is 9.38. The molecule has 0 aliphatic carbocycles. The molecular weight excluding hydrogens is 332 g/mol. The van der Waals surface area contributed by atoms with Crippen molar-refractivity contribution in [3.63, 3.8) is 0 Å². The smallest absolute Gasteiger partial charge is 0.372 e. The number of pyridine rings is 2. The van der Waals surface area contributed by atoms with Gasteiger partial charge in [-0.05, 0) is 37.8 Å². The molecule has 6 nitrogen and oxygen atoms in total. The molecule has 2 heterocycles. The van der Waals surface area contributed by atoms with Gasteiger partial charge < -0.3 is 9.47 Å². The maximum atomic E-state index is 11.5. The molecule has 0 aliphatic heterocycles. The van der Waals surface area contributed by atoms with E-state index in [1.54, 1.807) is 13.8 Å². The number of aryl methyl sites for hydroxylation is 2. The van der Waals surface area contributed by atoms with Gasteiger partial charge in [0.2, 0.25) is 13.1 Å². The standard InChI is InChI=1S/C20H26N2O4/c1-3-25-19(23)15-21-11-7-17(8-12-21)5-6-18-9-13-22(14-10-18)16-20(24)26-4-2/h7-14H,3-6,15-16H2,1-2H3/q+2. The minimum Gasteiger partial charge on any atom is -0.461 e. The van der Waals surface area contributed by atoms with Crippen molar-refractivity contribution in [1.82, 2.24) is 0 Å². The molecule has 0 atom stereocenters. The first kappa shape index (κ1) is 19.6. The Morgan fingerprint density at radius 3 is 1.38 bits per heavy atom. The summed E-state index contributed by atoms with van der Waals surface area (Å²) in [6.45, 7) is 4.85. The third-order valence-corrected chi connectivity index (χ3v) is 3.86. The highest BCUT2D eigenvalue weighted by Crippen LogP contribution is 2.04. The molecule has 0 saturated carbocycles. The molecule has 0 aromatic carbocycles. The lowest BCUT2D eigenvalue weighted by molar-refractivity contribution is -0.686. The lowest BCUT2D eigenvalue weighted by atomic mass is 10.1. The fourth-order valence-electron chi connectivity index (χ4n) is 2.52. The summed E-state index contributed by atoms with van der Waals surface area (Å²) in [5.41, 5.74) is 2.40. The molecule has 0 saturated heterocycles. The number of aromatic nitrogens is 2. The number of hydrogen-bond donors (Lipinski definition) is 0. The minimum atomic E-state index is -0.231. The van der Waals surface area contributed by atoms with Crippen molar-refractivity contribution < 1.29 is 28.2 Å². The minimum absolute atomic E-state index is 0.229. The second-order valence-corrected chi connectivity index (χ2v) is 5.87. The van der Waals surface area contributed by atoms with Crippen LogP contribution in [0.5, 0.6) is 0 Å². The summed E-state index contributed by atoms with van der Waals surface area (Å²) in [4.78, 5) is 22.9. The van der Waals surface area contributed by atoms with Gasteiger partial charge in [0.15, 0.2) is 24.8 Å². The Hall–Kier alpha value is -2.76. The molecule has 0 amide bonds. The van der Waals surface area contributed by atoms with Gasteiger partial charge in [-0.1, -0.05) is 0 Å². The topological polar surface area (TPSA) is 60.4 Å². The zero-order chi connectivity index (χ0) is 18.8. The number of hydrogen-bond acceptors (Lipinski definition) is 4. The van der Waals surface area contributed by atoms with Crippen LogP contribution in [0.2, 0.25) is 0 Å². The SMILES string of the molecule is CCOC(=O)C[n+]1ccc(CCc2cc[n+](CC(=O)OCC)cc2)cc1. The summed E-state index contributed by atoms with van der Waals surface area (Å²) >= 11 is 0. The van der Waals surface area contributed by atoms with Crippen LogP contribution >= 0.6 is 0 Å². The average Bonchev–Trinajstić information content (AvgIpc) is 2.63. The Morgan fingerprint density at radius 2 is 1.08 bits per heavy atom. The van der Waals surface area contributed by atoms with Crippen molar-refractivity contribution >= 4 is 11.9 Å². The Balaban J connectivity index is 1.82. The summed E-state index contributed by atoms with van der Waals surface area (Å²) < 4.78 is 13.5. The summed E-state index contributed by atoms with van der Waals surface area (Å²) in [7, 11) is 0. The molecule has 2 aromatic rings. The average molecular weight is 358 g/mol. The van der Waals surface area contributed by atoms with Gasteiger partial charge >= 0.3 is 11.9 Å². The van der Waals surface area contributed by atoms with Crippen LogP contribution in [-0.2, 0) is 45.0 Å². The second kappa shape index (κ2) is 10.3. The zero-order valence-electron chi connectivity index (χ0n) is 15.4. The van der Waals surface area contributed by atoms with Crippen molar-refractivity contribution in [2.75, 3.05) is 13.2 Å². The van der Waals surface area contributed by atoms with Gasteiger partial charge in [0.25, 0.3) is 0 Å². The number of carbonyl (C=O) groups excluding carboxylic acids is 2. The largest absolute Gasteiger partial charge is 0.461 e. The predicted molar refractivity (Wildman–Crippen MR) is 93.9 cm³/mol. The number of nitrogens with zero attached hydrogens (tertiary/aromatic N) is 2. The molecular formula is C20H26N2O4+2. The van der Waals surface area contributed by atoms with E-state index >= 15 is 0 Å². The molecule has 0 aliphatic rings. The molecule has 6 heteroatoms. The molecule has 2 rings (SSSR count). The second-order valence-electron chi connectivity index (χ2n) is 5.87. The van der Waals surface area contributed by atoms with E-state index in [9.17, 15) is 9.59 Å². The van der Waals surface area contributed by atoms with Gasteiger partial charge in [0.05, 0.1) is 13.2 Å². The molecule has 0 bridgehead atoms. The third-order valence-electron chi connectivity index (χ3n) is 3.86. The molecule has 0 unspecified atom stereocenters. The quantitative estimate of drug-likeness (QED) is 0.499. The van der Waals surface area contributed by atoms with E-state index in [2.05, 4.69) is 0 Å². The van der Waals surface area contributed by atoms with Crippen molar-refractivity contribution in [1.29, 1.82) is 0 Å². The zero-order valence-corrected chi connectivity index (χ0v) is 15.4. The lowest BCUT2D eigenvalue weighted by Gasteiger charge is -2.03. The molecule has 0 spiro atoms. The summed E-state index contributed by atoms with van der Waals surface area (Å²) in [5, 5.41) is 0. The van der Waals surface area contributed by atoms with Gasteiger partial charge in [-0.2, -0.15) is 9.13 Å². The number of ether oxygens (including phenoxy) is 2. The van der Waals surface area contributed by atoms with Gasteiger partial charge in [-0.25, -0.2) is 9.59 Å². The normalized spacial score (nSPS) is 10.4. The molecule has 0 radical (unpaired) electrons. The number of esters is 2. The highest BCUT2D eigenvalue weighted by Gasteiger charge is 2.11. The van der Waals surface area contributed by atoms with Crippen molar-refractivity contribution in [3.05, 3.63) is 60.2 Å². The predicted octanol–water partition coefficient (Wildman–Crippen LogP) is 1.17. The molecule has 0 N–H and O–H groups in total. The Bertz CT molecular complexity index is 648. The van der Waals surface area contributed by atoms with E-state index in [0.717, 1.165) is 12.8 Å². The maximum absolute atomic E-state index is 11.5. The maximum Gasteiger partial charge on any atom is 0.372 e. The van der Waals surface area contributed by atoms with Crippen LogP contribution in [-0.4, -0.2) is 25.2 Å². The van der Waals surface area contributed by atoms with Crippen LogP contribution < -0.4 is 9.13 Å². The lowest BCUT2D eigenvalue weighted by Crippen LogP contribution is -2.38. The van der Waals surface area contributed by atoms with Crippen molar-refractivity contribution in [2.24, 2.45) is 0 Å². The van der Waals surface area contributed by atoms with Gasteiger partial charge in [-0.3, -0.25) is 0 Å². The monoisotopic (exact) mass is 358 g/mol. The van der Waals surface area contributed by atoms with E-state index < -0.39 is 0 Å².